The summed E-state index contributed by atoms with van der Waals surface area (Å²) in [5, 5.41) is 6.08. The summed E-state index contributed by atoms with van der Waals surface area (Å²) in [7, 11) is 0. The number of halogens is 2. The number of benzene rings is 2. The fraction of sp³-hybridized carbons (Fsp3) is 0.211. The number of amides is 2. The molecule has 0 fully saturated rings. The molecule has 0 radical (unpaired) electrons. The van der Waals surface area contributed by atoms with E-state index in [0.717, 1.165) is 0 Å². The molecular formula is C19H18Cl2N2O4. The second-order valence-electron chi connectivity index (χ2n) is 5.78. The van der Waals surface area contributed by atoms with Gasteiger partial charge in [-0.3, -0.25) is 9.59 Å². The van der Waals surface area contributed by atoms with Gasteiger partial charge in [0.25, 0.3) is 11.8 Å². The maximum atomic E-state index is 12.1. The van der Waals surface area contributed by atoms with Crippen LogP contribution < -0.4 is 10.6 Å². The molecule has 0 aliphatic rings. The monoisotopic (exact) mass is 408 g/mol. The van der Waals surface area contributed by atoms with E-state index in [0.29, 0.717) is 21.3 Å². The van der Waals surface area contributed by atoms with Gasteiger partial charge in [0, 0.05) is 21.3 Å². The molecule has 2 rings (SSSR count). The zero-order chi connectivity index (χ0) is 20.0. The molecule has 2 N–H and O–H groups in total. The number of carbonyl (C=O) groups is 3. The highest BCUT2D eigenvalue weighted by atomic mass is 35.5. The van der Waals surface area contributed by atoms with Crippen molar-refractivity contribution in [3.05, 3.63) is 64.1 Å². The van der Waals surface area contributed by atoms with Crippen molar-refractivity contribution < 1.29 is 19.1 Å². The van der Waals surface area contributed by atoms with Crippen molar-refractivity contribution in [3.8, 4) is 0 Å². The summed E-state index contributed by atoms with van der Waals surface area (Å²) in [6, 6.07) is 11.9. The topological polar surface area (TPSA) is 84.5 Å². The Hall–Kier alpha value is -2.57. The predicted molar refractivity (Wildman–Crippen MR) is 104 cm³/mol. The molecule has 0 saturated carbocycles. The number of carbonyl (C=O) groups excluding carboxylic acids is 3. The lowest BCUT2D eigenvalue weighted by Gasteiger charge is -2.17. The van der Waals surface area contributed by atoms with Crippen molar-refractivity contribution in [2.24, 2.45) is 0 Å². The molecule has 0 unspecified atom stereocenters. The van der Waals surface area contributed by atoms with Gasteiger partial charge in [0.1, 0.15) is 6.04 Å². The van der Waals surface area contributed by atoms with Crippen LogP contribution in [0.5, 0.6) is 0 Å². The molecule has 0 saturated heterocycles. The van der Waals surface area contributed by atoms with E-state index in [4.69, 9.17) is 27.9 Å². The van der Waals surface area contributed by atoms with Crippen molar-refractivity contribution in [1.82, 2.24) is 5.32 Å². The number of ether oxygens (including phenoxy) is 1. The quantitative estimate of drug-likeness (QED) is 0.713. The van der Waals surface area contributed by atoms with Crippen LogP contribution in [0.4, 0.5) is 5.69 Å². The Morgan fingerprint density at radius 1 is 0.963 bits per heavy atom. The Morgan fingerprint density at radius 2 is 1.63 bits per heavy atom. The molecule has 2 amide bonds. The van der Waals surface area contributed by atoms with E-state index in [2.05, 4.69) is 10.6 Å². The zero-order valence-electron chi connectivity index (χ0n) is 14.7. The Kier molecular flexibility index (Phi) is 7.21. The summed E-state index contributed by atoms with van der Waals surface area (Å²) in [4.78, 5) is 36.4. The average molecular weight is 409 g/mol. The fourth-order valence-electron chi connectivity index (χ4n) is 2.08. The maximum absolute atomic E-state index is 12.1. The van der Waals surface area contributed by atoms with Gasteiger partial charge in [0.15, 0.2) is 6.10 Å². The zero-order valence-corrected chi connectivity index (χ0v) is 16.2. The standard InChI is InChI=1S/C19H18Cl2N2O4/c1-11(22-18(25)13-6-8-14(20)9-7-13)19(26)27-12(2)17(24)23-16-5-3-4-15(21)10-16/h3-12H,1-2H3,(H,22,25)(H,23,24)/t11-,12+/m0/s1. The lowest BCUT2D eigenvalue weighted by Crippen LogP contribution is -2.42. The van der Waals surface area contributed by atoms with E-state index in [1.807, 2.05) is 0 Å². The summed E-state index contributed by atoms with van der Waals surface area (Å²) in [6.07, 6.45) is -1.05. The van der Waals surface area contributed by atoms with Gasteiger partial charge in [-0.15, -0.1) is 0 Å². The van der Waals surface area contributed by atoms with E-state index in [9.17, 15) is 14.4 Å². The molecule has 6 nitrogen and oxygen atoms in total. The minimum Gasteiger partial charge on any atom is -0.451 e. The first-order valence-corrected chi connectivity index (χ1v) is 8.85. The van der Waals surface area contributed by atoms with Gasteiger partial charge in [-0.25, -0.2) is 4.79 Å². The molecule has 0 aromatic heterocycles. The van der Waals surface area contributed by atoms with Crippen molar-refractivity contribution in [3.63, 3.8) is 0 Å². The SMILES string of the molecule is C[C@H](NC(=O)c1ccc(Cl)cc1)C(=O)O[C@H](C)C(=O)Nc1cccc(Cl)c1. The summed E-state index contributed by atoms with van der Waals surface area (Å²) in [5.41, 5.74) is 0.838. The van der Waals surface area contributed by atoms with Gasteiger partial charge in [0.05, 0.1) is 0 Å². The maximum Gasteiger partial charge on any atom is 0.329 e. The van der Waals surface area contributed by atoms with Gasteiger partial charge >= 0.3 is 5.97 Å². The van der Waals surface area contributed by atoms with Crippen LogP contribution in [-0.4, -0.2) is 29.9 Å². The van der Waals surface area contributed by atoms with Gasteiger partial charge in [0.2, 0.25) is 0 Å². The summed E-state index contributed by atoms with van der Waals surface area (Å²) >= 11 is 11.6. The number of hydrogen-bond acceptors (Lipinski definition) is 4. The largest absolute Gasteiger partial charge is 0.451 e. The molecule has 142 valence electrons. The lowest BCUT2D eigenvalue weighted by molar-refractivity contribution is -0.154. The molecule has 0 aliphatic carbocycles. The Balaban J connectivity index is 1.87. The molecule has 2 atom stereocenters. The minimum atomic E-state index is -1.05. The van der Waals surface area contributed by atoms with Crippen LogP contribution in [0.15, 0.2) is 48.5 Å². The highest BCUT2D eigenvalue weighted by Gasteiger charge is 2.23. The van der Waals surface area contributed by atoms with Crippen molar-refractivity contribution in [1.29, 1.82) is 0 Å². The summed E-state index contributed by atoms with van der Waals surface area (Å²) < 4.78 is 5.11. The molecule has 0 aliphatic heterocycles. The van der Waals surface area contributed by atoms with Crippen LogP contribution in [0.25, 0.3) is 0 Å². The van der Waals surface area contributed by atoms with Gasteiger partial charge in [-0.2, -0.15) is 0 Å². The highest BCUT2D eigenvalue weighted by Crippen LogP contribution is 2.15. The Morgan fingerprint density at radius 3 is 2.26 bits per heavy atom. The first-order valence-electron chi connectivity index (χ1n) is 8.09. The average Bonchev–Trinajstić information content (AvgIpc) is 2.62. The van der Waals surface area contributed by atoms with Crippen LogP contribution in [0, 0.1) is 0 Å². The number of nitrogens with one attached hydrogen (secondary N) is 2. The van der Waals surface area contributed by atoms with E-state index in [-0.39, 0.29) is 0 Å². The van der Waals surface area contributed by atoms with Crippen LogP contribution in [-0.2, 0) is 14.3 Å². The molecule has 0 bridgehead atoms. The molecule has 27 heavy (non-hydrogen) atoms. The van der Waals surface area contributed by atoms with Crippen LogP contribution >= 0.6 is 23.2 Å². The van der Waals surface area contributed by atoms with Gasteiger partial charge in [-0.1, -0.05) is 29.3 Å². The molecule has 2 aromatic rings. The molecule has 0 heterocycles. The smallest absolute Gasteiger partial charge is 0.329 e. The highest BCUT2D eigenvalue weighted by molar-refractivity contribution is 6.31. The number of hydrogen-bond donors (Lipinski definition) is 2. The third kappa shape index (κ3) is 6.27. The molecular weight excluding hydrogens is 391 g/mol. The number of rotatable bonds is 6. The van der Waals surface area contributed by atoms with Crippen LogP contribution in [0.3, 0.4) is 0 Å². The van der Waals surface area contributed by atoms with E-state index in [1.54, 1.807) is 36.4 Å². The predicted octanol–water partition coefficient (Wildman–Crippen LogP) is 3.68. The van der Waals surface area contributed by atoms with Gasteiger partial charge in [-0.05, 0) is 56.3 Å². The normalized spacial score (nSPS) is 12.6. The van der Waals surface area contributed by atoms with E-state index >= 15 is 0 Å². The van der Waals surface area contributed by atoms with Crippen molar-refractivity contribution in [2.75, 3.05) is 5.32 Å². The van der Waals surface area contributed by atoms with Crippen LogP contribution in [0.2, 0.25) is 10.0 Å². The van der Waals surface area contributed by atoms with Gasteiger partial charge < -0.3 is 15.4 Å². The first kappa shape index (κ1) is 20.7. The number of esters is 1. The van der Waals surface area contributed by atoms with Crippen molar-refractivity contribution in [2.45, 2.75) is 26.0 Å². The minimum absolute atomic E-state index is 0.353. The fourth-order valence-corrected chi connectivity index (χ4v) is 2.40. The summed E-state index contributed by atoms with van der Waals surface area (Å²) in [6.45, 7) is 2.91. The Labute approximate surface area is 166 Å². The lowest BCUT2D eigenvalue weighted by atomic mass is 10.2. The Bertz CT molecular complexity index is 840. The van der Waals surface area contributed by atoms with E-state index in [1.165, 1.54) is 26.0 Å². The number of anilines is 1. The molecule has 8 heteroatoms. The third-order valence-corrected chi connectivity index (χ3v) is 4.05. The summed E-state index contributed by atoms with van der Waals surface area (Å²) in [5.74, 6) is -1.69. The molecule has 0 spiro atoms. The van der Waals surface area contributed by atoms with Crippen LogP contribution in [0.1, 0.15) is 24.2 Å². The van der Waals surface area contributed by atoms with Crippen molar-refractivity contribution >= 4 is 46.7 Å². The van der Waals surface area contributed by atoms with E-state index < -0.39 is 29.9 Å². The molecule has 2 aromatic carbocycles. The third-order valence-electron chi connectivity index (χ3n) is 3.56. The second kappa shape index (κ2) is 9.39. The second-order valence-corrected chi connectivity index (χ2v) is 6.65. The first-order chi connectivity index (χ1) is 12.8.